The monoisotopic (exact) mass is 297 g/mol. The third-order valence-corrected chi connectivity index (χ3v) is 3.52. The van der Waals surface area contributed by atoms with Crippen molar-refractivity contribution in [2.75, 3.05) is 13.1 Å². The van der Waals surface area contributed by atoms with Crippen LogP contribution in [-0.2, 0) is 4.79 Å². The molecule has 0 N–H and O–H groups in total. The minimum absolute atomic E-state index is 0.140. The Balaban J connectivity index is 2.56. The molecule has 1 unspecified atom stereocenters. The van der Waals surface area contributed by atoms with Gasteiger partial charge in [-0.05, 0) is 32.1 Å². The molecule has 1 aliphatic heterocycles. The van der Waals surface area contributed by atoms with Gasteiger partial charge >= 0.3 is 11.9 Å². The molecule has 90 valence electrons. The molecular weight excluding hydrogens is 284 g/mol. The van der Waals surface area contributed by atoms with Crippen LogP contribution in [0, 0.1) is 5.92 Å². The Morgan fingerprint density at radius 3 is 2.65 bits per heavy atom. The molecule has 0 aromatic carbocycles. The van der Waals surface area contributed by atoms with E-state index in [1.807, 2.05) is 32.1 Å². The molecule has 0 bridgehead atoms. The van der Waals surface area contributed by atoms with Gasteiger partial charge in [0.15, 0.2) is 0 Å². The lowest BCUT2D eigenvalue weighted by atomic mass is 9.94. The summed E-state index contributed by atoms with van der Waals surface area (Å²) in [5.74, 6) is -0.481. The van der Waals surface area contributed by atoms with Crippen LogP contribution in [0.3, 0.4) is 0 Å². The molecule has 0 aromatic heterocycles. The lowest BCUT2D eigenvalue weighted by molar-refractivity contribution is -0.435. The highest BCUT2D eigenvalue weighted by Gasteiger charge is 2.45. The van der Waals surface area contributed by atoms with Crippen molar-refractivity contribution in [1.82, 2.24) is 4.90 Å². The summed E-state index contributed by atoms with van der Waals surface area (Å²) >= 11 is 3.36. The zero-order valence-corrected chi connectivity index (χ0v) is 11.4. The first-order valence-corrected chi connectivity index (χ1v) is 6.44. The lowest BCUT2D eigenvalue weighted by Gasteiger charge is -2.26. The van der Waals surface area contributed by atoms with E-state index < -0.39 is 0 Å². The smallest absolute Gasteiger partial charge is 0.245 e. The summed E-state index contributed by atoms with van der Waals surface area (Å²) in [7, 11) is 0. The second kappa shape index (κ2) is 4.56. The second-order valence-corrected chi connectivity index (χ2v) is 4.81. The fourth-order valence-corrected chi connectivity index (χ4v) is 2.55. The highest BCUT2D eigenvalue weighted by atomic mass is 79.9. The third kappa shape index (κ3) is 1.88. The highest BCUT2D eigenvalue weighted by molar-refractivity contribution is 9.11. The van der Waals surface area contributed by atoms with Crippen LogP contribution in [-0.4, -0.2) is 40.2 Å². The van der Waals surface area contributed by atoms with Gasteiger partial charge in [0, 0.05) is 4.48 Å². The Kier molecular flexibility index (Phi) is 3.28. The van der Waals surface area contributed by atoms with Crippen LogP contribution >= 0.6 is 15.9 Å². The summed E-state index contributed by atoms with van der Waals surface area (Å²) in [6, 6.07) is -0.220. The SMILES string of the molecule is CCN1C(=O)C2C=C(Br)C=CC2=[N+](CC)C1=O. The van der Waals surface area contributed by atoms with Gasteiger partial charge in [-0.2, -0.15) is 14.3 Å². The van der Waals surface area contributed by atoms with Gasteiger partial charge in [0.1, 0.15) is 11.6 Å². The van der Waals surface area contributed by atoms with Gasteiger partial charge in [-0.1, -0.05) is 15.9 Å². The van der Waals surface area contributed by atoms with Crippen LogP contribution in [0.2, 0.25) is 0 Å². The maximum atomic E-state index is 12.2. The standard InChI is InChI=1S/C12H14BrN2O2/c1-3-14-10-6-5-8(13)7-9(10)11(16)15(4-2)12(14)17/h5-7,9H,3-4H2,1-2H3/q+1. The van der Waals surface area contributed by atoms with Crippen molar-refractivity contribution < 1.29 is 14.2 Å². The topological polar surface area (TPSA) is 40.4 Å². The molecule has 4 nitrogen and oxygen atoms in total. The van der Waals surface area contributed by atoms with Gasteiger partial charge in [0.2, 0.25) is 0 Å². The van der Waals surface area contributed by atoms with Crippen molar-refractivity contribution in [1.29, 1.82) is 0 Å². The Morgan fingerprint density at radius 1 is 1.35 bits per heavy atom. The normalized spacial score (nSPS) is 24.1. The second-order valence-electron chi connectivity index (χ2n) is 3.90. The fourth-order valence-electron chi connectivity index (χ4n) is 2.15. The first kappa shape index (κ1) is 12.2. The molecule has 0 radical (unpaired) electrons. The van der Waals surface area contributed by atoms with Crippen molar-refractivity contribution in [3.8, 4) is 0 Å². The summed E-state index contributed by atoms with van der Waals surface area (Å²) in [5, 5.41) is 0. The molecule has 2 aliphatic rings. The summed E-state index contributed by atoms with van der Waals surface area (Å²) in [4.78, 5) is 25.5. The van der Waals surface area contributed by atoms with Crippen molar-refractivity contribution >= 4 is 33.6 Å². The number of carbonyl (C=O) groups excluding carboxylic acids is 2. The molecule has 3 amide bonds. The van der Waals surface area contributed by atoms with E-state index >= 15 is 0 Å². The third-order valence-electron chi connectivity index (χ3n) is 3.00. The van der Waals surface area contributed by atoms with Crippen LogP contribution in [0.5, 0.6) is 0 Å². The zero-order valence-electron chi connectivity index (χ0n) is 9.81. The Labute approximate surface area is 108 Å². The number of carbonyl (C=O) groups is 2. The molecule has 1 atom stereocenters. The Hall–Kier alpha value is -1.23. The van der Waals surface area contributed by atoms with E-state index in [-0.39, 0.29) is 17.9 Å². The number of fused-ring (bicyclic) bond motifs is 1. The number of hydrogen-bond donors (Lipinski definition) is 0. The van der Waals surface area contributed by atoms with Crippen molar-refractivity contribution in [2.24, 2.45) is 5.92 Å². The average Bonchev–Trinajstić information content (AvgIpc) is 2.31. The van der Waals surface area contributed by atoms with E-state index in [4.69, 9.17) is 0 Å². The van der Waals surface area contributed by atoms with Gasteiger partial charge in [0.25, 0.3) is 0 Å². The van der Waals surface area contributed by atoms with Gasteiger partial charge in [0.05, 0.1) is 13.1 Å². The summed E-state index contributed by atoms with van der Waals surface area (Å²) in [6.45, 7) is 4.70. The number of rotatable bonds is 2. The minimum Gasteiger partial charge on any atom is -0.245 e. The van der Waals surface area contributed by atoms with E-state index in [0.29, 0.717) is 13.1 Å². The quantitative estimate of drug-likeness (QED) is 0.731. The van der Waals surface area contributed by atoms with Crippen LogP contribution in [0.25, 0.3) is 0 Å². The number of nitrogens with zero attached hydrogens (tertiary/aromatic N) is 2. The van der Waals surface area contributed by atoms with E-state index in [2.05, 4.69) is 15.9 Å². The Morgan fingerprint density at radius 2 is 2.06 bits per heavy atom. The molecule has 2 rings (SSSR count). The summed E-state index contributed by atoms with van der Waals surface area (Å²) in [6.07, 6.45) is 5.53. The molecule has 1 aliphatic carbocycles. The summed E-state index contributed by atoms with van der Waals surface area (Å²) < 4.78 is 2.53. The van der Waals surface area contributed by atoms with Crippen LogP contribution < -0.4 is 0 Å². The maximum absolute atomic E-state index is 12.2. The van der Waals surface area contributed by atoms with Crippen LogP contribution in [0.1, 0.15) is 13.8 Å². The van der Waals surface area contributed by atoms with Crippen molar-refractivity contribution in [2.45, 2.75) is 13.8 Å². The van der Waals surface area contributed by atoms with E-state index in [1.165, 1.54) is 4.90 Å². The van der Waals surface area contributed by atoms with E-state index in [9.17, 15) is 9.59 Å². The summed E-state index contributed by atoms with van der Waals surface area (Å²) in [5.41, 5.74) is 0.774. The lowest BCUT2D eigenvalue weighted by Crippen LogP contribution is -2.54. The number of hydrogen-bond acceptors (Lipinski definition) is 2. The Bertz CT molecular complexity index is 477. The molecule has 17 heavy (non-hydrogen) atoms. The number of imide groups is 1. The molecule has 0 fully saturated rings. The molecular formula is C12H14BrN2O2+. The van der Waals surface area contributed by atoms with Gasteiger partial charge in [-0.25, -0.2) is 4.79 Å². The van der Waals surface area contributed by atoms with Crippen molar-refractivity contribution in [3.63, 3.8) is 0 Å². The number of allylic oxidation sites excluding steroid dienone is 3. The first-order valence-electron chi connectivity index (χ1n) is 5.65. The average molecular weight is 298 g/mol. The molecule has 0 saturated carbocycles. The molecule has 1 heterocycles. The minimum atomic E-state index is -0.341. The van der Waals surface area contributed by atoms with Gasteiger partial charge < -0.3 is 0 Å². The van der Waals surface area contributed by atoms with Crippen LogP contribution in [0.15, 0.2) is 22.7 Å². The fraction of sp³-hybridized carbons (Fsp3) is 0.417. The van der Waals surface area contributed by atoms with E-state index in [0.717, 1.165) is 10.2 Å². The first-order chi connectivity index (χ1) is 8.10. The molecule has 0 saturated heterocycles. The largest absolute Gasteiger partial charge is 0.500 e. The number of amides is 3. The zero-order chi connectivity index (χ0) is 12.6. The number of halogens is 1. The molecule has 5 heteroatoms. The number of urea groups is 1. The predicted molar refractivity (Wildman–Crippen MR) is 68.2 cm³/mol. The van der Waals surface area contributed by atoms with Crippen molar-refractivity contribution in [3.05, 3.63) is 22.7 Å². The van der Waals surface area contributed by atoms with E-state index in [1.54, 1.807) is 4.58 Å². The predicted octanol–water partition coefficient (Wildman–Crippen LogP) is 1.91. The molecule has 0 spiro atoms. The van der Waals surface area contributed by atoms with Gasteiger partial charge in [-0.15, -0.1) is 0 Å². The highest BCUT2D eigenvalue weighted by Crippen LogP contribution is 2.24. The molecule has 0 aromatic rings. The van der Waals surface area contributed by atoms with Gasteiger partial charge in [-0.3, -0.25) is 0 Å². The maximum Gasteiger partial charge on any atom is 0.500 e. The van der Waals surface area contributed by atoms with Crippen LogP contribution in [0.4, 0.5) is 4.79 Å².